The summed E-state index contributed by atoms with van der Waals surface area (Å²) in [5.74, 6) is -0.540. The number of ether oxygens (including phenoxy) is 2. The summed E-state index contributed by atoms with van der Waals surface area (Å²) in [7, 11) is 2.94. The van der Waals surface area contributed by atoms with Crippen LogP contribution in [0.2, 0.25) is 0 Å². The number of esters is 1. The maximum atomic E-state index is 11.7. The summed E-state index contributed by atoms with van der Waals surface area (Å²) in [6, 6.07) is 4.99. The quantitative estimate of drug-likeness (QED) is 0.574. The lowest BCUT2D eigenvalue weighted by Gasteiger charge is -2.10. The van der Waals surface area contributed by atoms with E-state index in [0.717, 1.165) is 5.56 Å². The Hall–Kier alpha value is -1.92. The standard InChI is InChI=1S/C14H20N2O4/c1-10-8-11(14(18)20-3)4-5-12(10)16-13(17)9-15-6-7-19-2/h4-5,8,15H,6-7,9H2,1-3H3,(H,16,17). The molecule has 0 saturated heterocycles. The van der Waals surface area contributed by atoms with Gasteiger partial charge in [-0.05, 0) is 30.7 Å². The normalized spacial score (nSPS) is 10.2. The fraction of sp³-hybridized carbons (Fsp3) is 0.429. The number of anilines is 1. The van der Waals surface area contributed by atoms with Gasteiger partial charge in [0.25, 0.3) is 0 Å². The van der Waals surface area contributed by atoms with Crippen LogP contribution < -0.4 is 10.6 Å². The molecule has 0 spiro atoms. The molecule has 0 aromatic heterocycles. The number of hydrogen-bond donors (Lipinski definition) is 2. The molecule has 0 aliphatic heterocycles. The van der Waals surface area contributed by atoms with Crippen molar-refractivity contribution in [1.29, 1.82) is 0 Å². The fourth-order valence-corrected chi connectivity index (χ4v) is 1.62. The van der Waals surface area contributed by atoms with E-state index in [0.29, 0.717) is 24.4 Å². The number of nitrogens with one attached hydrogen (secondary N) is 2. The molecule has 0 radical (unpaired) electrons. The van der Waals surface area contributed by atoms with Crippen LogP contribution in [0.1, 0.15) is 15.9 Å². The third kappa shape index (κ3) is 4.99. The molecule has 0 aliphatic carbocycles. The highest BCUT2D eigenvalue weighted by atomic mass is 16.5. The van der Waals surface area contributed by atoms with Gasteiger partial charge in [-0.2, -0.15) is 0 Å². The Kier molecular flexibility index (Phi) is 6.69. The summed E-state index contributed by atoms with van der Waals surface area (Å²) in [5.41, 5.74) is 1.94. The predicted octanol–water partition coefficient (Wildman–Crippen LogP) is 0.956. The monoisotopic (exact) mass is 280 g/mol. The van der Waals surface area contributed by atoms with Crippen molar-refractivity contribution in [2.45, 2.75) is 6.92 Å². The van der Waals surface area contributed by atoms with E-state index in [1.165, 1.54) is 7.11 Å². The highest BCUT2D eigenvalue weighted by Crippen LogP contribution is 2.16. The van der Waals surface area contributed by atoms with E-state index in [1.807, 2.05) is 6.92 Å². The largest absolute Gasteiger partial charge is 0.465 e. The Morgan fingerprint density at radius 2 is 2.00 bits per heavy atom. The number of aryl methyl sites for hydroxylation is 1. The molecule has 0 fully saturated rings. The summed E-state index contributed by atoms with van der Waals surface area (Å²) in [6.07, 6.45) is 0. The molecule has 1 aromatic carbocycles. The first-order valence-electron chi connectivity index (χ1n) is 6.27. The molecule has 20 heavy (non-hydrogen) atoms. The molecule has 110 valence electrons. The molecule has 6 heteroatoms. The molecule has 0 unspecified atom stereocenters. The average molecular weight is 280 g/mol. The SMILES string of the molecule is COCCNCC(=O)Nc1ccc(C(=O)OC)cc1C. The van der Waals surface area contributed by atoms with E-state index < -0.39 is 5.97 Å². The summed E-state index contributed by atoms with van der Waals surface area (Å²) in [4.78, 5) is 23.1. The molecular formula is C14H20N2O4. The second kappa shape index (κ2) is 8.29. The highest BCUT2D eigenvalue weighted by molar-refractivity contribution is 5.94. The van der Waals surface area contributed by atoms with Crippen molar-refractivity contribution in [2.24, 2.45) is 0 Å². The van der Waals surface area contributed by atoms with Gasteiger partial charge in [-0.25, -0.2) is 4.79 Å². The number of carbonyl (C=O) groups excluding carboxylic acids is 2. The third-order valence-electron chi connectivity index (χ3n) is 2.69. The van der Waals surface area contributed by atoms with Crippen LogP contribution in [-0.2, 0) is 14.3 Å². The van der Waals surface area contributed by atoms with Crippen LogP contribution >= 0.6 is 0 Å². The molecular weight excluding hydrogens is 260 g/mol. The number of rotatable bonds is 7. The first-order chi connectivity index (χ1) is 9.58. The fourth-order valence-electron chi connectivity index (χ4n) is 1.62. The van der Waals surface area contributed by atoms with E-state index in [-0.39, 0.29) is 12.5 Å². The topological polar surface area (TPSA) is 76.7 Å². The van der Waals surface area contributed by atoms with Crippen molar-refractivity contribution in [1.82, 2.24) is 5.32 Å². The molecule has 2 N–H and O–H groups in total. The Bertz CT molecular complexity index is 474. The number of hydrogen-bond acceptors (Lipinski definition) is 5. The lowest BCUT2D eigenvalue weighted by molar-refractivity contribution is -0.115. The maximum Gasteiger partial charge on any atom is 0.337 e. The lowest BCUT2D eigenvalue weighted by atomic mass is 10.1. The zero-order chi connectivity index (χ0) is 15.0. The Morgan fingerprint density at radius 1 is 1.25 bits per heavy atom. The molecule has 1 amide bonds. The Morgan fingerprint density at radius 3 is 2.60 bits per heavy atom. The molecule has 6 nitrogen and oxygen atoms in total. The summed E-state index contributed by atoms with van der Waals surface area (Å²) >= 11 is 0. The van der Waals surface area contributed by atoms with Gasteiger partial charge in [-0.3, -0.25) is 4.79 Å². The molecule has 0 saturated carbocycles. The van der Waals surface area contributed by atoms with Crippen LogP contribution in [0.3, 0.4) is 0 Å². The van der Waals surface area contributed by atoms with Crippen LogP contribution in [-0.4, -0.2) is 45.8 Å². The van der Waals surface area contributed by atoms with Gasteiger partial charge in [0.1, 0.15) is 0 Å². The van der Waals surface area contributed by atoms with Crippen molar-refractivity contribution in [3.63, 3.8) is 0 Å². The van der Waals surface area contributed by atoms with E-state index in [2.05, 4.69) is 15.4 Å². The predicted molar refractivity (Wildman–Crippen MR) is 75.9 cm³/mol. The van der Waals surface area contributed by atoms with E-state index in [1.54, 1.807) is 25.3 Å². The van der Waals surface area contributed by atoms with Crippen LogP contribution in [0, 0.1) is 6.92 Å². The third-order valence-corrected chi connectivity index (χ3v) is 2.69. The Labute approximate surface area is 118 Å². The van der Waals surface area contributed by atoms with Gasteiger partial charge in [0.15, 0.2) is 0 Å². The minimum absolute atomic E-state index is 0.143. The van der Waals surface area contributed by atoms with Crippen LogP contribution in [0.25, 0.3) is 0 Å². The number of methoxy groups -OCH3 is 2. The van der Waals surface area contributed by atoms with E-state index in [9.17, 15) is 9.59 Å². The van der Waals surface area contributed by atoms with Crippen molar-refractivity contribution in [3.8, 4) is 0 Å². The van der Waals surface area contributed by atoms with Gasteiger partial charge in [0.2, 0.25) is 5.91 Å². The number of amides is 1. The minimum Gasteiger partial charge on any atom is -0.465 e. The van der Waals surface area contributed by atoms with Gasteiger partial charge in [0.05, 0.1) is 25.8 Å². The molecule has 0 aliphatic rings. The zero-order valence-corrected chi connectivity index (χ0v) is 12.0. The van der Waals surface area contributed by atoms with Crippen LogP contribution in [0.4, 0.5) is 5.69 Å². The van der Waals surface area contributed by atoms with Gasteiger partial charge in [-0.15, -0.1) is 0 Å². The van der Waals surface area contributed by atoms with E-state index >= 15 is 0 Å². The second-order valence-corrected chi connectivity index (χ2v) is 4.24. The lowest BCUT2D eigenvalue weighted by Crippen LogP contribution is -2.30. The van der Waals surface area contributed by atoms with Crippen molar-refractivity contribution >= 4 is 17.6 Å². The van der Waals surface area contributed by atoms with Crippen molar-refractivity contribution < 1.29 is 19.1 Å². The summed E-state index contributed by atoms with van der Waals surface area (Å²) in [6.45, 7) is 3.20. The van der Waals surface area contributed by atoms with Gasteiger partial charge < -0.3 is 20.1 Å². The van der Waals surface area contributed by atoms with Crippen LogP contribution in [0.5, 0.6) is 0 Å². The number of benzene rings is 1. The molecule has 0 atom stereocenters. The smallest absolute Gasteiger partial charge is 0.337 e. The van der Waals surface area contributed by atoms with Crippen molar-refractivity contribution in [3.05, 3.63) is 29.3 Å². The molecule has 0 heterocycles. The second-order valence-electron chi connectivity index (χ2n) is 4.24. The molecule has 0 bridgehead atoms. The van der Waals surface area contributed by atoms with Gasteiger partial charge in [0, 0.05) is 19.3 Å². The van der Waals surface area contributed by atoms with Crippen LogP contribution in [0.15, 0.2) is 18.2 Å². The van der Waals surface area contributed by atoms with Gasteiger partial charge in [-0.1, -0.05) is 0 Å². The zero-order valence-electron chi connectivity index (χ0n) is 12.0. The molecule has 1 aromatic rings. The summed E-state index contributed by atoms with van der Waals surface area (Å²) < 4.78 is 9.51. The van der Waals surface area contributed by atoms with Crippen molar-refractivity contribution in [2.75, 3.05) is 39.2 Å². The first-order valence-corrected chi connectivity index (χ1v) is 6.27. The average Bonchev–Trinajstić information content (AvgIpc) is 2.45. The minimum atomic E-state index is -0.396. The highest BCUT2D eigenvalue weighted by Gasteiger charge is 2.09. The molecule has 1 rings (SSSR count). The van der Waals surface area contributed by atoms with Gasteiger partial charge >= 0.3 is 5.97 Å². The maximum absolute atomic E-state index is 11.7. The Balaban J connectivity index is 2.55. The number of carbonyl (C=O) groups is 2. The first kappa shape index (κ1) is 16.1. The summed E-state index contributed by atoms with van der Waals surface area (Å²) in [5, 5.41) is 5.73. The van der Waals surface area contributed by atoms with E-state index in [4.69, 9.17) is 4.74 Å².